The van der Waals surface area contributed by atoms with Crippen LogP contribution < -0.4 is 4.74 Å². The standard InChI is InChI=1S/C15H19ClN2OS/c1-19-11-3-4-12-13(9-11)18(14(17-12)5-8-16)10-15(20-2)6-7-15/h3-4,9H,5-8,10H2,1-2H3. The average Bonchev–Trinajstić information content (AvgIpc) is 3.18. The second kappa shape index (κ2) is 5.49. The van der Waals surface area contributed by atoms with Crippen molar-refractivity contribution >= 4 is 34.4 Å². The van der Waals surface area contributed by atoms with Crippen molar-refractivity contribution in [3.63, 3.8) is 0 Å². The van der Waals surface area contributed by atoms with E-state index in [0.717, 1.165) is 35.6 Å². The number of fused-ring (bicyclic) bond motifs is 1. The second-order valence-electron chi connectivity index (χ2n) is 5.29. The predicted molar refractivity (Wildman–Crippen MR) is 86.2 cm³/mol. The molecule has 1 aliphatic carbocycles. The molecular formula is C15H19ClN2OS. The summed E-state index contributed by atoms with van der Waals surface area (Å²) in [6, 6.07) is 6.07. The Morgan fingerprint density at radius 3 is 2.85 bits per heavy atom. The van der Waals surface area contributed by atoms with E-state index in [1.807, 2.05) is 23.9 Å². The molecule has 2 aromatic rings. The van der Waals surface area contributed by atoms with Gasteiger partial charge in [-0.15, -0.1) is 11.6 Å². The van der Waals surface area contributed by atoms with Crippen LogP contribution in [0, 0.1) is 0 Å². The number of rotatable bonds is 6. The molecule has 0 bridgehead atoms. The Morgan fingerprint density at radius 1 is 1.45 bits per heavy atom. The minimum atomic E-state index is 0.401. The smallest absolute Gasteiger partial charge is 0.121 e. The fraction of sp³-hybridized carbons (Fsp3) is 0.533. The van der Waals surface area contributed by atoms with Crippen LogP contribution in [0.3, 0.4) is 0 Å². The lowest BCUT2D eigenvalue weighted by molar-refractivity contribution is 0.415. The van der Waals surface area contributed by atoms with Crippen LogP contribution in [-0.2, 0) is 13.0 Å². The van der Waals surface area contributed by atoms with Gasteiger partial charge in [0.25, 0.3) is 0 Å². The summed E-state index contributed by atoms with van der Waals surface area (Å²) in [6.07, 6.45) is 5.59. The summed E-state index contributed by atoms with van der Waals surface area (Å²) in [5, 5.41) is 0. The van der Waals surface area contributed by atoms with E-state index >= 15 is 0 Å². The topological polar surface area (TPSA) is 27.1 Å². The molecule has 0 amide bonds. The molecule has 0 aliphatic heterocycles. The zero-order valence-electron chi connectivity index (χ0n) is 11.9. The van der Waals surface area contributed by atoms with Gasteiger partial charge in [-0.2, -0.15) is 11.8 Å². The van der Waals surface area contributed by atoms with Crippen LogP contribution >= 0.6 is 23.4 Å². The van der Waals surface area contributed by atoms with Gasteiger partial charge in [0.05, 0.1) is 18.1 Å². The van der Waals surface area contributed by atoms with E-state index in [4.69, 9.17) is 21.3 Å². The Morgan fingerprint density at radius 2 is 2.25 bits per heavy atom. The Balaban J connectivity index is 2.06. The lowest BCUT2D eigenvalue weighted by Gasteiger charge is -2.16. The van der Waals surface area contributed by atoms with Crippen LogP contribution in [0.15, 0.2) is 18.2 Å². The van der Waals surface area contributed by atoms with Gasteiger partial charge in [0.15, 0.2) is 0 Å². The van der Waals surface area contributed by atoms with E-state index in [1.165, 1.54) is 12.8 Å². The summed E-state index contributed by atoms with van der Waals surface area (Å²) >= 11 is 7.90. The van der Waals surface area contributed by atoms with E-state index in [-0.39, 0.29) is 0 Å². The molecule has 1 saturated carbocycles. The summed E-state index contributed by atoms with van der Waals surface area (Å²) in [5.74, 6) is 2.57. The first-order chi connectivity index (χ1) is 9.71. The van der Waals surface area contributed by atoms with Gasteiger partial charge in [0, 0.05) is 29.7 Å². The van der Waals surface area contributed by atoms with E-state index in [9.17, 15) is 0 Å². The highest BCUT2D eigenvalue weighted by Gasteiger charge is 2.42. The van der Waals surface area contributed by atoms with Gasteiger partial charge in [-0.1, -0.05) is 0 Å². The number of ether oxygens (including phenoxy) is 1. The summed E-state index contributed by atoms with van der Waals surface area (Å²) in [7, 11) is 1.70. The molecule has 1 heterocycles. The third-order valence-corrected chi connectivity index (χ3v) is 5.63. The fourth-order valence-corrected chi connectivity index (χ4v) is 3.52. The molecule has 3 rings (SSSR count). The van der Waals surface area contributed by atoms with Crippen molar-refractivity contribution < 1.29 is 4.74 Å². The van der Waals surface area contributed by atoms with Crippen LogP contribution in [0.4, 0.5) is 0 Å². The number of alkyl halides is 1. The van der Waals surface area contributed by atoms with Gasteiger partial charge >= 0.3 is 0 Å². The molecule has 0 radical (unpaired) electrons. The molecule has 0 N–H and O–H groups in total. The number of thioether (sulfide) groups is 1. The van der Waals surface area contributed by atoms with Crippen LogP contribution in [-0.4, -0.2) is 33.5 Å². The summed E-state index contributed by atoms with van der Waals surface area (Å²) < 4.78 is 8.08. The number of nitrogens with zero attached hydrogens (tertiary/aromatic N) is 2. The fourth-order valence-electron chi connectivity index (χ4n) is 2.59. The number of halogens is 1. The highest BCUT2D eigenvalue weighted by molar-refractivity contribution is 8.00. The van der Waals surface area contributed by atoms with E-state index in [1.54, 1.807) is 7.11 Å². The highest BCUT2D eigenvalue weighted by Crippen LogP contribution is 2.49. The SMILES string of the molecule is COc1ccc2nc(CCCl)n(CC3(SC)CC3)c2c1. The maximum absolute atomic E-state index is 5.93. The number of hydrogen-bond acceptors (Lipinski definition) is 3. The van der Waals surface area contributed by atoms with Gasteiger partial charge in [-0.3, -0.25) is 0 Å². The third-order valence-electron chi connectivity index (χ3n) is 4.04. The van der Waals surface area contributed by atoms with Crippen LogP contribution in [0.2, 0.25) is 0 Å². The number of hydrogen-bond donors (Lipinski definition) is 0. The molecular weight excluding hydrogens is 292 g/mol. The van der Waals surface area contributed by atoms with Gasteiger partial charge in [0.2, 0.25) is 0 Å². The molecule has 1 aromatic carbocycles. The highest BCUT2D eigenvalue weighted by atomic mass is 35.5. The number of benzene rings is 1. The van der Waals surface area contributed by atoms with Crippen molar-refractivity contribution in [1.29, 1.82) is 0 Å². The Bertz CT molecular complexity index is 622. The molecule has 108 valence electrons. The quantitative estimate of drug-likeness (QED) is 0.761. The number of aryl methyl sites for hydroxylation is 1. The molecule has 0 unspecified atom stereocenters. The van der Waals surface area contributed by atoms with Crippen molar-refractivity contribution in [1.82, 2.24) is 9.55 Å². The molecule has 20 heavy (non-hydrogen) atoms. The maximum atomic E-state index is 5.93. The van der Waals surface area contributed by atoms with E-state index < -0.39 is 0 Å². The van der Waals surface area contributed by atoms with E-state index in [0.29, 0.717) is 10.6 Å². The third kappa shape index (κ3) is 2.51. The monoisotopic (exact) mass is 310 g/mol. The molecule has 0 atom stereocenters. The van der Waals surface area contributed by atoms with Crippen molar-refractivity contribution in [3.8, 4) is 5.75 Å². The Kier molecular flexibility index (Phi) is 3.87. The van der Waals surface area contributed by atoms with Crippen LogP contribution in [0.5, 0.6) is 5.75 Å². The van der Waals surface area contributed by atoms with Crippen molar-refractivity contribution in [3.05, 3.63) is 24.0 Å². The first-order valence-corrected chi connectivity index (χ1v) is 8.61. The van der Waals surface area contributed by atoms with Gasteiger partial charge in [-0.05, 0) is 31.2 Å². The maximum Gasteiger partial charge on any atom is 0.121 e. The molecule has 0 saturated heterocycles. The molecule has 3 nitrogen and oxygen atoms in total. The minimum Gasteiger partial charge on any atom is -0.497 e. The summed E-state index contributed by atoms with van der Waals surface area (Å²) in [5.41, 5.74) is 2.19. The minimum absolute atomic E-state index is 0.401. The van der Waals surface area contributed by atoms with Gasteiger partial charge in [0.1, 0.15) is 11.6 Å². The van der Waals surface area contributed by atoms with Gasteiger partial charge < -0.3 is 9.30 Å². The number of methoxy groups -OCH3 is 1. The molecule has 5 heteroatoms. The average molecular weight is 311 g/mol. The summed E-state index contributed by atoms with van der Waals surface area (Å²) in [4.78, 5) is 4.74. The lowest BCUT2D eigenvalue weighted by atomic mass is 10.3. The molecule has 1 aromatic heterocycles. The van der Waals surface area contributed by atoms with Crippen molar-refractivity contribution in [2.45, 2.75) is 30.6 Å². The van der Waals surface area contributed by atoms with Crippen LogP contribution in [0.1, 0.15) is 18.7 Å². The van der Waals surface area contributed by atoms with Crippen LogP contribution in [0.25, 0.3) is 11.0 Å². The zero-order valence-corrected chi connectivity index (χ0v) is 13.4. The zero-order chi connectivity index (χ0) is 14.2. The van der Waals surface area contributed by atoms with Crippen molar-refractivity contribution in [2.24, 2.45) is 0 Å². The first kappa shape index (κ1) is 14.1. The summed E-state index contributed by atoms with van der Waals surface area (Å²) in [6.45, 7) is 1.02. The normalized spacial score (nSPS) is 16.6. The Hall–Kier alpha value is -0.870. The molecule has 0 spiro atoms. The van der Waals surface area contributed by atoms with Gasteiger partial charge in [-0.25, -0.2) is 4.98 Å². The number of aromatic nitrogens is 2. The molecule has 1 fully saturated rings. The van der Waals surface area contributed by atoms with E-state index in [2.05, 4.69) is 16.9 Å². The first-order valence-electron chi connectivity index (χ1n) is 6.85. The second-order valence-corrected chi connectivity index (χ2v) is 6.95. The predicted octanol–water partition coefficient (Wildman–Crippen LogP) is 3.72. The Labute approximate surface area is 128 Å². The van der Waals surface area contributed by atoms with Crippen molar-refractivity contribution in [2.75, 3.05) is 19.2 Å². The number of imidazole rings is 1. The lowest BCUT2D eigenvalue weighted by Crippen LogP contribution is -2.16. The molecule has 1 aliphatic rings. The largest absolute Gasteiger partial charge is 0.497 e.